The molecular weight excluding hydrogens is 325 g/mol. The molecule has 20 heavy (non-hydrogen) atoms. The summed E-state index contributed by atoms with van der Waals surface area (Å²) in [7, 11) is 0. The standard InChI is InChI=1S/C14H19BrFN3O/c15-11-4-13(17)14(5-12(11)16)18-6-10-7-19-3-1-2-9(19)8-20-10/h4-5,9-10,18H,1-3,6-8,17H2. The zero-order chi connectivity index (χ0) is 14.1. The van der Waals surface area contributed by atoms with Crippen LogP contribution >= 0.6 is 15.9 Å². The van der Waals surface area contributed by atoms with E-state index in [0.717, 1.165) is 13.2 Å². The molecule has 2 fully saturated rings. The Morgan fingerprint density at radius 2 is 2.35 bits per heavy atom. The Bertz CT molecular complexity index is 500. The molecular formula is C14H19BrFN3O. The number of nitrogens with one attached hydrogen (secondary N) is 1. The number of halogens is 2. The van der Waals surface area contributed by atoms with Crippen LogP contribution < -0.4 is 11.1 Å². The van der Waals surface area contributed by atoms with Gasteiger partial charge in [0.05, 0.1) is 28.6 Å². The van der Waals surface area contributed by atoms with Gasteiger partial charge in [0.15, 0.2) is 0 Å². The van der Waals surface area contributed by atoms with Gasteiger partial charge in [0.2, 0.25) is 0 Å². The molecule has 0 radical (unpaired) electrons. The molecule has 3 N–H and O–H groups in total. The number of anilines is 2. The van der Waals surface area contributed by atoms with Gasteiger partial charge in [0.1, 0.15) is 5.82 Å². The van der Waals surface area contributed by atoms with Crippen LogP contribution in [0.4, 0.5) is 15.8 Å². The van der Waals surface area contributed by atoms with Crippen LogP contribution in [0.3, 0.4) is 0 Å². The molecule has 1 aromatic carbocycles. The van der Waals surface area contributed by atoms with Gasteiger partial charge in [-0.15, -0.1) is 0 Å². The van der Waals surface area contributed by atoms with Gasteiger partial charge >= 0.3 is 0 Å². The number of benzene rings is 1. The number of hydrogen-bond donors (Lipinski definition) is 2. The average Bonchev–Trinajstić information content (AvgIpc) is 2.89. The first kappa shape index (κ1) is 14.1. The number of rotatable bonds is 3. The van der Waals surface area contributed by atoms with Crippen molar-refractivity contribution in [2.45, 2.75) is 25.0 Å². The molecule has 0 spiro atoms. The predicted molar refractivity (Wildman–Crippen MR) is 81.3 cm³/mol. The predicted octanol–water partition coefficient (Wildman–Crippen LogP) is 2.45. The third-order valence-electron chi connectivity index (χ3n) is 4.07. The van der Waals surface area contributed by atoms with Gasteiger partial charge < -0.3 is 15.8 Å². The Kier molecular flexibility index (Phi) is 4.14. The van der Waals surface area contributed by atoms with Crippen molar-refractivity contribution in [3.8, 4) is 0 Å². The second kappa shape index (κ2) is 5.87. The molecule has 4 nitrogen and oxygen atoms in total. The fourth-order valence-electron chi connectivity index (χ4n) is 2.95. The first-order valence-electron chi connectivity index (χ1n) is 6.97. The molecule has 2 aliphatic heterocycles. The first-order chi connectivity index (χ1) is 9.63. The maximum Gasteiger partial charge on any atom is 0.139 e. The number of nitrogen functional groups attached to an aromatic ring is 1. The maximum atomic E-state index is 13.5. The van der Waals surface area contributed by atoms with Crippen LogP contribution in [-0.2, 0) is 4.74 Å². The summed E-state index contributed by atoms with van der Waals surface area (Å²) >= 11 is 3.12. The highest BCUT2D eigenvalue weighted by Gasteiger charge is 2.31. The quantitative estimate of drug-likeness (QED) is 0.827. The van der Waals surface area contributed by atoms with Crippen molar-refractivity contribution in [1.29, 1.82) is 0 Å². The van der Waals surface area contributed by atoms with Gasteiger partial charge in [-0.1, -0.05) is 0 Å². The highest BCUT2D eigenvalue weighted by Crippen LogP contribution is 2.27. The molecule has 110 valence electrons. The summed E-state index contributed by atoms with van der Waals surface area (Å²) in [6, 6.07) is 3.60. The lowest BCUT2D eigenvalue weighted by atomic mass is 10.2. The van der Waals surface area contributed by atoms with E-state index in [2.05, 4.69) is 26.1 Å². The number of ether oxygens (including phenoxy) is 1. The van der Waals surface area contributed by atoms with E-state index in [9.17, 15) is 4.39 Å². The van der Waals surface area contributed by atoms with Gasteiger partial charge in [-0.05, 0) is 41.4 Å². The van der Waals surface area contributed by atoms with E-state index in [1.807, 2.05) is 0 Å². The molecule has 0 aromatic heterocycles. The molecule has 2 saturated heterocycles. The number of hydrogen-bond acceptors (Lipinski definition) is 4. The molecule has 2 heterocycles. The molecule has 0 aliphatic carbocycles. The third-order valence-corrected chi connectivity index (χ3v) is 4.68. The average molecular weight is 344 g/mol. The van der Waals surface area contributed by atoms with Crippen molar-refractivity contribution in [3.05, 3.63) is 22.4 Å². The topological polar surface area (TPSA) is 50.5 Å². The Morgan fingerprint density at radius 3 is 3.20 bits per heavy atom. The minimum atomic E-state index is -0.314. The fraction of sp³-hybridized carbons (Fsp3) is 0.571. The summed E-state index contributed by atoms with van der Waals surface area (Å²) in [6.07, 6.45) is 2.64. The van der Waals surface area contributed by atoms with E-state index in [4.69, 9.17) is 10.5 Å². The summed E-state index contributed by atoms with van der Waals surface area (Å²) in [5.41, 5.74) is 7.04. The van der Waals surface area contributed by atoms with Crippen molar-refractivity contribution in [2.24, 2.45) is 0 Å². The Labute approximate surface area is 126 Å². The zero-order valence-electron chi connectivity index (χ0n) is 11.2. The lowest BCUT2D eigenvalue weighted by molar-refractivity contribution is -0.0415. The van der Waals surface area contributed by atoms with Crippen LogP contribution in [0.2, 0.25) is 0 Å². The van der Waals surface area contributed by atoms with Crippen molar-refractivity contribution < 1.29 is 9.13 Å². The largest absolute Gasteiger partial charge is 0.397 e. The normalized spacial score (nSPS) is 26.5. The third kappa shape index (κ3) is 2.92. The summed E-state index contributed by atoms with van der Waals surface area (Å²) in [5, 5.41) is 3.19. The zero-order valence-corrected chi connectivity index (χ0v) is 12.8. The van der Waals surface area contributed by atoms with Crippen LogP contribution in [0.25, 0.3) is 0 Å². The van der Waals surface area contributed by atoms with Gasteiger partial charge in [-0.3, -0.25) is 4.90 Å². The molecule has 0 saturated carbocycles. The second-order valence-corrected chi connectivity index (χ2v) is 6.34. The van der Waals surface area contributed by atoms with E-state index in [-0.39, 0.29) is 11.9 Å². The summed E-state index contributed by atoms with van der Waals surface area (Å²) in [5.74, 6) is -0.314. The molecule has 6 heteroatoms. The minimum Gasteiger partial charge on any atom is -0.397 e. The van der Waals surface area contributed by atoms with Crippen molar-refractivity contribution >= 4 is 27.3 Å². The molecule has 2 aliphatic rings. The number of fused-ring (bicyclic) bond motifs is 1. The molecule has 1 aromatic rings. The molecule has 2 atom stereocenters. The Morgan fingerprint density at radius 1 is 1.50 bits per heavy atom. The number of nitrogens with zero attached hydrogens (tertiary/aromatic N) is 1. The minimum absolute atomic E-state index is 0.135. The smallest absolute Gasteiger partial charge is 0.139 e. The van der Waals surface area contributed by atoms with E-state index in [0.29, 0.717) is 28.4 Å². The summed E-state index contributed by atoms with van der Waals surface area (Å²) in [6.45, 7) is 3.56. The Hall–Kier alpha value is -0.850. The molecule has 0 bridgehead atoms. The van der Waals surface area contributed by atoms with Gasteiger partial charge in [0, 0.05) is 25.2 Å². The molecule has 0 amide bonds. The van der Waals surface area contributed by atoms with Gasteiger partial charge in [0.25, 0.3) is 0 Å². The highest BCUT2D eigenvalue weighted by atomic mass is 79.9. The molecule has 3 rings (SSSR count). The van der Waals surface area contributed by atoms with E-state index < -0.39 is 0 Å². The molecule has 2 unspecified atom stereocenters. The van der Waals surface area contributed by atoms with Crippen LogP contribution in [0.1, 0.15) is 12.8 Å². The Balaban J connectivity index is 1.58. The number of nitrogens with two attached hydrogens (primary N) is 1. The van der Waals surface area contributed by atoms with Gasteiger partial charge in [-0.2, -0.15) is 0 Å². The fourth-order valence-corrected chi connectivity index (χ4v) is 3.31. The van der Waals surface area contributed by atoms with E-state index in [1.54, 1.807) is 6.07 Å². The van der Waals surface area contributed by atoms with Crippen molar-refractivity contribution in [3.63, 3.8) is 0 Å². The van der Waals surface area contributed by atoms with Crippen LogP contribution in [0, 0.1) is 5.82 Å². The van der Waals surface area contributed by atoms with Gasteiger partial charge in [-0.25, -0.2) is 4.39 Å². The van der Waals surface area contributed by atoms with Crippen molar-refractivity contribution in [2.75, 3.05) is 37.3 Å². The van der Waals surface area contributed by atoms with Crippen LogP contribution in [-0.4, -0.2) is 43.3 Å². The van der Waals surface area contributed by atoms with Crippen LogP contribution in [0.5, 0.6) is 0 Å². The van der Waals surface area contributed by atoms with E-state index in [1.165, 1.54) is 25.5 Å². The SMILES string of the molecule is Nc1cc(Br)c(F)cc1NCC1CN2CCCC2CO1. The maximum absolute atomic E-state index is 13.5. The summed E-state index contributed by atoms with van der Waals surface area (Å²) < 4.78 is 19.8. The first-order valence-corrected chi connectivity index (χ1v) is 7.77. The lowest BCUT2D eigenvalue weighted by Gasteiger charge is -2.35. The number of morpholine rings is 1. The monoisotopic (exact) mass is 343 g/mol. The van der Waals surface area contributed by atoms with E-state index >= 15 is 0 Å². The lowest BCUT2D eigenvalue weighted by Crippen LogP contribution is -2.48. The van der Waals surface area contributed by atoms with Crippen molar-refractivity contribution in [1.82, 2.24) is 4.90 Å². The second-order valence-electron chi connectivity index (χ2n) is 5.48. The highest BCUT2D eigenvalue weighted by molar-refractivity contribution is 9.10. The summed E-state index contributed by atoms with van der Waals surface area (Å²) in [4.78, 5) is 2.49. The van der Waals surface area contributed by atoms with Crippen LogP contribution in [0.15, 0.2) is 16.6 Å².